The molecular formula is C34H50N6O6. The van der Waals surface area contributed by atoms with Crippen LogP contribution in [-0.2, 0) is 19.2 Å². The van der Waals surface area contributed by atoms with E-state index in [1.807, 2.05) is 34.6 Å². The molecule has 4 aliphatic rings. The minimum Gasteiger partial charge on any atom is -0.381 e. The number of rotatable bonds is 10. The number of ketones is 1. The Labute approximate surface area is 271 Å². The number of aliphatic hydroxyl groups excluding tert-OH is 1. The molecule has 2 aliphatic carbocycles. The number of hydrogen-bond acceptors (Lipinski definition) is 8. The van der Waals surface area contributed by atoms with Crippen molar-refractivity contribution in [1.82, 2.24) is 30.8 Å². The van der Waals surface area contributed by atoms with Crippen molar-refractivity contribution in [3.05, 3.63) is 24.3 Å². The van der Waals surface area contributed by atoms with E-state index >= 15 is 0 Å². The lowest BCUT2D eigenvalue weighted by Gasteiger charge is -2.37. The van der Waals surface area contributed by atoms with Crippen molar-refractivity contribution in [3.63, 3.8) is 0 Å². The molecule has 1 aromatic heterocycles. The third-order valence-corrected chi connectivity index (χ3v) is 10.6. The Balaban J connectivity index is 1.36. The second-order valence-corrected chi connectivity index (χ2v) is 15.8. The number of nitrogens with zero attached hydrogens (tertiary/aromatic N) is 3. The Kier molecular flexibility index (Phi) is 9.59. The van der Waals surface area contributed by atoms with Crippen LogP contribution in [0, 0.1) is 34.5 Å². The standard InChI is InChI=1S/C34H50N6O6/c1-18(2)26(39-29(43)24-16-35-11-12-36-24)25(41)13-22(33(3,4)5)32(46)40-17-19-14-34(6)10-9-23(28(42)31(45)37-20-7-8-20)38-30(44)27(40)21(19)15-34/h11-12,16,18-23,26-28,42H,7-10,13-15,17H2,1-6H3,(H,37,45)(H,38,44)(H,39,43)/t19-,21-,22+,23-,26-,27-,28?,34?/m0/s1. The lowest BCUT2D eigenvalue weighted by atomic mass is 9.75. The Bertz CT molecular complexity index is 1340. The van der Waals surface area contributed by atoms with Crippen molar-refractivity contribution in [2.75, 3.05) is 6.54 Å². The van der Waals surface area contributed by atoms with Gasteiger partial charge in [0.1, 0.15) is 11.7 Å². The van der Waals surface area contributed by atoms with Gasteiger partial charge in [0.2, 0.25) is 11.8 Å². The molecule has 4 amide bonds. The van der Waals surface area contributed by atoms with E-state index in [4.69, 9.17) is 0 Å². The fraction of sp³-hybridized carbons (Fsp3) is 0.735. The molecule has 252 valence electrons. The van der Waals surface area contributed by atoms with Crippen LogP contribution in [0.2, 0.25) is 0 Å². The quantitative estimate of drug-likeness (QED) is 0.302. The van der Waals surface area contributed by atoms with E-state index in [1.54, 1.807) is 4.90 Å². The van der Waals surface area contributed by atoms with E-state index in [-0.39, 0.29) is 58.9 Å². The molecule has 0 aromatic carbocycles. The second-order valence-electron chi connectivity index (χ2n) is 15.8. The first-order chi connectivity index (χ1) is 21.6. The number of aromatic nitrogens is 2. The van der Waals surface area contributed by atoms with Gasteiger partial charge in [-0.15, -0.1) is 0 Å². The molecule has 12 nitrogen and oxygen atoms in total. The highest BCUT2D eigenvalue weighted by Gasteiger charge is 2.57. The maximum atomic E-state index is 14.5. The fourth-order valence-electron chi connectivity index (χ4n) is 7.86. The van der Waals surface area contributed by atoms with E-state index in [0.717, 1.165) is 32.1 Å². The largest absolute Gasteiger partial charge is 0.381 e. The Morgan fingerprint density at radius 2 is 1.85 bits per heavy atom. The summed E-state index contributed by atoms with van der Waals surface area (Å²) in [5.41, 5.74) is -0.588. The Hall–Kier alpha value is -3.41. The molecule has 0 spiro atoms. The first kappa shape index (κ1) is 33.9. The number of likely N-dealkylation sites (tertiary alicyclic amines) is 1. The first-order valence-electron chi connectivity index (χ1n) is 16.8. The van der Waals surface area contributed by atoms with Crippen LogP contribution < -0.4 is 16.0 Å². The number of amides is 4. The van der Waals surface area contributed by atoms with Gasteiger partial charge in [-0.2, -0.15) is 0 Å². The SMILES string of the molecule is CC(C)[C@H](NC(=O)c1cnccn1)C(=O)C[C@H](C(=O)N1C[C@@H]2CC3(C)CC[C@@H](C(O)C(=O)NC4CC4)NC(=O)[C@@H]1[C@H]2C3)C(C)(C)C. The maximum absolute atomic E-state index is 14.5. The maximum Gasteiger partial charge on any atom is 0.272 e. The number of Topliss-reactive ketones (excluding diaryl/α,β-unsaturated/α-hetero) is 1. The fourth-order valence-corrected chi connectivity index (χ4v) is 7.86. The third-order valence-electron chi connectivity index (χ3n) is 10.6. The summed E-state index contributed by atoms with van der Waals surface area (Å²) in [6, 6.07) is -2.28. The van der Waals surface area contributed by atoms with Crippen LogP contribution in [0.4, 0.5) is 0 Å². The number of fused-ring (bicyclic) bond motifs is 1. The summed E-state index contributed by atoms with van der Waals surface area (Å²) in [7, 11) is 0. The van der Waals surface area contributed by atoms with Crippen LogP contribution in [0.15, 0.2) is 18.6 Å². The zero-order valence-electron chi connectivity index (χ0n) is 27.9. The number of carbonyl (C=O) groups is 5. The van der Waals surface area contributed by atoms with Gasteiger partial charge in [-0.05, 0) is 67.1 Å². The molecule has 2 saturated carbocycles. The summed E-state index contributed by atoms with van der Waals surface area (Å²) in [4.78, 5) is 77.7. The molecule has 3 heterocycles. The molecular weight excluding hydrogens is 588 g/mol. The second kappa shape index (κ2) is 13.0. The van der Waals surface area contributed by atoms with Crippen molar-refractivity contribution in [1.29, 1.82) is 0 Å². The van der Waals surface area contributed by atoms with Crippen LogP contribution >= 0.6 is 0 Å². The summed E-state index contributed by atoms with van der Waals surface area (Å²) in [5, 5.41) is 19.6. The van der Waals surface area contributed by atoms with E-state index in [1.165, 1.54) is 18.6 Å². The molecule has 0 radical (unpaired) electrons. The number of carbonyl (C=O) groups excluding carboxylic acids is 5. The monoisotopic (exact) mass is 638 g/mol. The topological polar surface area (TPSA) is 171 Å². The molecule has 8 atom stereocenters. The summed E-state index contributed by atoms with van der Waals surface area (Å²) in [6.07, 6.45) is 7.35. The van der Waals surface area contributed by atoms with Crippen molar-refractivity contribution < 1.29 is 29.1 Å². The summed E-state index contributed by atoms with van der Waals surface area (Å²) < 4.78 is 0. The molecule has 2 unspecified atom stereocenters. The van der Waals surface area contributed by atoms with Crippen molar-refractivity contribution >= 4 is 29.4 Å². The number of hydrogen-bond donors (Lipinski definition) is 4. The molecule has 2 bridgehead atoms. The number of aliphatic hydroxyl groups is 1. The Morgan fingerprint density at radius 3 is 2.46 bits per heavy atom. The molecule has 1 aromatic rings. The van der Waals surface area contributed by atoms with E-state index in [2.05, 4.69) is 32.8 Å². The average molecular weight is 639 g/mol. The van der Waals surface area contributed by atoms with Crippen molar-refractivity contribution in [3.8, 4) is 0 Å². The van der Waals surface area contributed by atoms with Crippen LogP contribution in [0.3, 0.4) is 0 Å². The van der Waals surface area contributed by atoms with Gasteiger partial charge in [-0.25, -0.2) is 4.98 Å². The van der Waals surface area contributed by atoms with Crippen molar-refractivity contribution in [2.45, 2.75) is 117 Å². The van der Waals surface area contributed by atoms with Gasteiger partial charge in [-0.1, -0.05) is 41.5 Å². The first-order valence-corrected chi connectivity index (χ1v) is 16.8. The molecule has 2 saturated heterocycles. The van der Waals surface area contributed by atoms with Gasteiger partial charge in [0.15, 0.2) is 11.9 Å². The zero-order chi connectivity index (χ0) is 33.6. The molecule has 4 N–H and O–H groups in total. The van der Waals surface area contributed by atoms with Gasteiger partial charge in [-0.3, -0.25) is 29.0 Å². The summed E-state index contributed by atoms with van der Waals surface area (Å²) in [6.45, 7) is 12.0. The van der Waals surface area contributed by atoms with Crippen LogP contribution in [-0.4, -0.2) is 86.2 Å². The molecule has 12 heteroatoms. The van der Waals surface area contributed by atoms with Gasteiger partial charge in [0.05, 0.1) is 18.3 Å². The third kappa shape index (κ3) is 7.26. The minimum atomic E-state index is -1.38. The highest BCUT2D eigenvalue weighted by molar-refractivity contribution is 5.98. The normalized spacial score (nSPS) is 29.6. The zero-order valence-corrected chi connectivity index (χ0v) is 27.9. The van der Waals surface area contributed by atoms with Gasteiger partial charge >= 0.3 is 0 Å². The minimum absolute atomic E-state index is 0.0452. The predicted molar refractivity (Wildman–Crippen MR) is 169 cm³/mol. The van der Waals surface area contributed by atoms with Gasteiger partial charge < -0.3 is 26.0 Å². The molecule has 2 aliphatic heterocycles. The highest BCUT2D eigenvalue weighted by atomic mass is 16.3. The Morgan fingerprint density at radius 1 is 1.13 bits per heavy atom. The van der Waals surface area contributed by atoms with E-state index in [0.29, 0.717) is 13.0 Å². The summed E-state index contributed by atoms with van der Waals surface area (Å²) in [5.74, 6) is -2.76. The average Bonchev–Trinajstić information content (AvgIpc) is 3.65. The number of nitrogens with one attached hydrogen (secondary N) is 3. The molecule has 46 heavy (non-hydrogen) atoms. The van der Waals surface area contributed by atoms with E-state index in [9.17, 15) is 29.1 Å². The van der Waals surface area contributed by atoms with E-state index < -0.39 is 47.4 Å². The highest BCUT2D eigenvalue weighted by Crippen LogP contribution is 2.54. The summed E-state index contributed by atoms with van der Waals surface area (Å²) >= 11 is 0. The lowest BCUT2D eigenvalue weighted by molar-refractivity contribution is -0.148. The van der Waals surface area contributed by atoms with Crippen LogP contribution in [0.5, 0.6) is 0 Å². The van der Waals surface area contributed by atoms with Gasteiger partial charge in [0.25, 0.3) is 11.8 Å². The van der Waals surface area contributed by atoms with Crippen molar-refractivity contribution in [2.24, 2.45) is 34.5 Å². The van der Waals surface area contributed by atoms with Crippen LogP contribution in [0.25, 0.3) is 0 Å². The van der Waals surface area contributed by atoms with Gasteiger partial charge in [0, 0.05) is 37.3 Å². The molecule has 4 fully saturated rings. The molecule has 5 rings (SSSR count). The smallest absolute Gasteiger partial charge is 0.272 e. The lowest BCUT2D eigenvalue weighted by Crippen LogP contribution is -2.57. The predicted octanol–water partition coefficient (Wildman–Crippen LogP) is 2.01. The van der Waals surface area contributed by atoms with Crippen LogP contribution in [0.1, 0.15) is 97.0 Å².